The van der Waals surface area contributed by atoms with E-state index in [2.05, 4.69) is 21.7 Å². The number of nitrogen functional groups attached to an aromatic ring is 1. The average molecular weight is 442 g/mol. The lowest BCUT2D eigenvalue weighted by Gasteiger charge is -2.17. The van der Waals surface area contributed by atoms with Crippen LogP contribution in [0.4, 0.5) is 22.7 Å². The van der Waals surface area contributed by atoms with Gasteiger partial charge in [-0.3, -0.25) is 9.78 Å². The number of rotatable bonds is 7. The van der Waals surface area contributed by atoms with Crippen molar-refractivity contribution in [2.45, 2.75) is 0 Å². The molecule has 0 aliphatic rings. The lowest BCUT2D eigenvalue weighted by atomic mass is 10.1. The summed E-state index contributed by atoms with van der Waals surface area (Å²) in [5, 5.41) is 16.1. The number of nitrogens with zero attached hydrogens (tertiary/aromatic N) is 2. The lowest BCUT2D eigenvalue weighted by molar-refractivity contribution is -0.113. The molecule has 1 heterocycles. The number of carbonyl (C=O) groups excluding carboxylic acids is 1. The van der Waals surface area contributed by atoms with Crippen molar-refractivity contribution in [3.8, 4) is 23.3 Å². The Kier molecular flexibility index (Phi) is 6.52. The van der Waals surface area contributed by atoms with Crippen molar-refractivity contribution in [3.63, 3.8) is 0 Å². The van der Waals surface area contributed by atoms with E-state index in [-0.39, 0.29) is 5.88 Å². The molecule has 0 bridgehead atoms. The summed E-state index contributed by atoms with van der Waals surface area (Å²) in [6.07, 6.45) is 1.44. The first-order chi connectivity index (χ1) is 14.9. The fourth-order valence-corrected chi connectivity index (χ4v) is 3.13. The molecule has 10 heteroatoms. The molecule has 2 aromatic carbocycles. The normalized spacial score (nSPS) is 10.3. The van der Waals surface area contributed by atoms with Crippen LogP contribution < -0.4 is 30.6 Å². The molecule has 9 nitrogen and oxygen atoms in total. The number of ether oxygens (including phenoxy) is 3. The molecular formula is C21H20ClN5O4. The summed E-state index contributed by atoms with van der Waals surface area (Å²) in [6, 6.07) is 8.81. The Morgan fingerprint density at radius 2 is 1.84 bits per heavy atom. The summed E-state index contributed by atoms with van der Waals surface area (Å²) >= 11 is 5.55. The van der Waals surface area contributed by atoms with Crippen LogP contribution in [0.3, 0.4) is 0 Å². The molecule has 31 heavy (non-hydrogen) atoms. The second-order valence-corrected chi connectivity index (χ2v) is 6.60. The number of nitriles is 1. The highest BCUT2D eigenvalue weighted by Gasteiger charge is 2.17. The summed E-state index contributed by atoms with van der Waals surface area (Å²) in [7, 11) is 4.54. The number of nitrogens with one attached hydrogen (secondary N) is 2. The number of amides is 1. The van der Waals surface area contributed by atoms with Gasteiger partial charge in [0.25, 0.3) is 0 Å². The summed E-state index contributed by atoms with van der Waals surface area (Å²) in [6.45, 7) is 0. The number of hydrogen-bond donors (Lipinski definition) is 3. The molecule has 3 aromatic rings. The van der Waals surface area contributed by atoms with Crippen molar-refractivity contribution in [1.29, 1.82) is 5.26 Å². The highest BCUT2D eigenvalue weighted by molar-refractivity contribution is 6.29. The minimum absolute atomic E-state index is 0.202. The van der Waals surface area contributed by atoms with E-state index < -0.39 is 5.91 Å². The fraction of sp³-hybridized carbons (Fsp3) is 0.190. The monoisotopic (exact) mass is 441 g/mol. The molecule has 0 aliphatic carbocycles. The van der Waals surface area contributed by atoms with Crippen molar-refractivity contribution in [2.24, 2.45) is 0 Å². The maximum Gasteiger partial charge on any atom is 0.239 e. The second-order valence-electron chi connectivity index (χ2n) is 6.34. The SMILES string of the molecule is COc1cc(Nc2c(C#N)cnc3cc(NC(=O)CCl)c(N)cc23)cc(OC)c1OC. The van der Waals surface area contributed by atoms with Crippen LogP contribution in [0.1, 0.15) is 5.56 Å². The van der Waals surface area contributed by atoms with Crippen LogP contribution in [0.15, 0.2) is 30.5 Å². The van der Waals surface area contributed by atoms with Crippen molar-refractivity contribution in [3.05, 3.63) is 36.0 Å². The first kappa shape index (κ1) is 21.8. The zero-order valence-corrected chi connectivity index (χ0v) is 17.8. The molecule has 0 saturated heterocycles. The molecule has 4 N–H and O–H groups in total. The van der Waals surface area contributed by atoms with Gasteiger partial charge in [-0.2, -0.15) is 5.26 Å². The number of carbonyl (C=O) groups is 1. The highest BCUT2D eigenvalue weighted by atomic mass is 35.5. The van der Waals surface area contributed by atoms with E-state index in [0.717, 1.165) is 0 Å². The third-order valence-electron chi connectivity index (χ3n) is 4.49. The van der Waals surface area contributed by atoms with Crippen LogP contribution in [0.25, 0.3) is 10.9 Å². The fourth-order valence-electron chi connectivity index (χ4n) is 3.06. The number of alkyl halides is 1. The van der Waals surface area contributed by atoms with Gasteiger partial charge in [0, 0.05) is 29.4 Å². The van der Waals surface area contributed by atoms with Gasteiger partial charge in [-0.25, -0.2) is 0 Å². The quantitative estimate of drug-likeness (QED) is 0.374. The summed E-state index contributed by atoms with van der Waals surface area (Å²) in [4.78, 5) is 16.0. The molecule has 0 saturated carbocycles. The predicted molar refractivity (Wildman–Crippen MR) is 120 cm³/mol. The Bertz CT molecular complexity index is 1170. The summed E-state index contributed by atoms with van der Waals surface area (Å²) < 4.78 is 16.1. The molecule has 3 rings (SSSR count). The van der Waals surface area contributed by atoms with Gasteiger partial charge in [0.2, 0.25) is 11.7 Å². The number of halogens is 1. The van der Waals surface area contributed by atoms with Crippen molar-refractivity contribution in [1.82, 2.24) is 4.98 Å². The molecule has 0 spiro atoms. The van der Waals surface area contributed by atoms with E-state index in [9.17, 15) is 10.1 Å². The van der Waals surface area contributed by atoms with Gasteiger partial charge in [-0.15, -0.1) is 11.6 Å². The largest absolute Gasteiger partial charge is 0.493 e. The molecule has 0 atom stereocenters. The van der Waals surface area contributed by atoms with E-state index in [1.165, 1.54) is 27.5 Å². The topological polar surface area (TPSA) is 132 Å². The molecule has 0 radical (unpaired) electrons. The number of benzene rings is 2. The third-order valence-corrected chi connectivity index (χ3v) is 4.73. The molecule has 1 aromatic heterocycles. The van der Waals surface area contributed by atoms with Crippen LogP contribution in [0.5, 0.6) is 17.2 Å². The zero-order chi connectivity index (χ0) is 22.5. The number of fused-ring (bicyclic) bond motifs is 1. The number of pyridine rings is 1. The number of methoxy groups -OCH3 is 3. The number of nitrogens with two attached hydrogens (primary N) is 1. The predicted octanol–water partition coefficient (Wildman–Crippen LogP) is 3.64. The van der Waals surface area contributed by atoms with Gasteiger partial charge in [-0.1, -0.05) is 0 Å². The lowest BCUT2D eigenvalue weighted by Crippen LogP contribution is -2.14. The molecule has 0 aliphatic heterocycles. The number of anilines is 4. The Morgan fingerprint density at radius 3 is 2.39 bits per heavy atom. The Labute approximate surface area is 183 Å². The minimum Gasteiger partial charge on any atom is -0.493 e. The van der Waals surface area contributed by atoms with Crippen LogP contribution in [0, 0.1) is 11.3 Å². The van der Waals surface area contributed by atoms with Crippen LogP contribution in [0.2, 0.25) is 0 Å². The van der Waals surface area contributed by atoms with E-state index in [1.54, 1.807) is 24.3 Å². The highest BCUT2D eigenvalue weighted by Crippen LogP contribution is 2.42. The minimum atomic E-state index is -0.392. The molecule has 1 amide bonds. The van der Waals surface area contributed by atoms with Crippen LogP contribution >= 0.6 is 11.6 Å². The third kappa shape index (κ3) is 4.34. The van der Waals surface area contributed by atoms with Crippen LogP contribution in [-0.4, -0.2) is 38.1 Å². The summed E-state index contributed by atoms with van der Waals surface area (Å²) in [5.41, 5.74) is 8.71. The molecule has 160 valence electrons. The maximum atomic E-state index is 11.6. The number of hydrogen-bond acceptors (Lipinski definition) is 8. The Balaban J connectivity index is 2.14. The molecule has 0 fully saturated rings. The smallest absolute Gasteiger partial charge is 0.239 e. The van der Waals surface area contributed by atoms with Crippen molar-refractivity contribution < 1.29 is 19.0 Å². The first-order valence-electron chi connectivity index (χ1n) is 9.00. The van der Waals surface area contributed by atoms with Crippen molar-refractivity contribution >= 4 is 51.2 Å². The summed E-state index contributed by atoms with van der Waals surface area (Å²) in [5.74, 6) is 0.752. The van der Waals surface area contributed by atoms with E-state index in [1.807, 2.05) is 0 Å². The van der Waals surface area contributed by atoms with Gasteiger partial charge in [0.15, 0.2) is 11.5 Å². The van der Waals surface area contributed by atoms with Gasteiger partial charge in [-0.05, 0) is 12.1 Å². The molecular weight excluding hydrogens is 422 g/mol. The zero-order valence-electron chi connectivity index (χ0n) is 17.1. The maximum absolute atomic E-state index is 11.6. The second kappa shape index (κ2) is 9.28. The molecule has 0 unspecified atom stereocenters. The van der Waals surface area contributed by atoms with Gasteiger partial charge >= 0.3 is 0 Å². The average Bonchev–Trinajstić information content (AvgIpc) is 2.79. The van der Waals surface area contributed by atoms with Gasteiger partial charge in [0.1, 0.15) is 11.9 Å². The van der Waals surface area contributed by atoms with Gasteiger partial charge < -0.3 is 30.6 Å². The van der Waals surface area contributed by atoms with Gasteiger partial charge in [0.05, 0.1) is 49.5 Å². The van der Waals surface area contributed by atoms with Crippen LogP contribution in [-0.2, 0) is 4.79 Å². The van der Waals surface area contributed by atoms with Crippen molar-refractivity contribution in [2.75, 3.05) is 43.6 Å². The standard InChI is InChI=1S/C21H20ClN5O4/c1-29-17-4-12(5-18(30-2)21(17)31-3)26-20-11(9-23)10-25-15-7-16(27-19(28)8-22)14(24)6-13(15)20/h4-7,10H,8,24H2,1-3H3,(H,25,26)(H,27,28). The number of aromatic nitrogens is 1. The Hall–Kier alpha value is -3.90. The van der Waals surface area contributed by atoms with E-state index >= 15 is 0 Å². The van der Waals surface area contributed by atoms with E-state index in [0.29, 0.717) is 56.5 Å². The first-order valence-corrected chi connectivity index (χ1v) is 9.54. The van der Waals surface area contributed by atoms with E-state index in [4.69, 9.17) is 31.5 Å². The Morgan fingerprint density at radius 1 is 1.16 bits per heavy atom.